The Morgan fingerprint density at radius 2 is 2.13 bits per heavy atom. The molecule has 0 saturated heterocycles. The highest BCUT2D eigenvalue weighted by Crippen LogP contribution is 2.25. The third-order valence-electron chi connectivity index (χ3n) is 1.51. The van der Waals surface area contributed by atoms with Crippen LogP contribution in [0.5, 0.6) is 0 Å². The molecule has 4 nitrogen and oxygen atoms in total. The summed E-state index contributed by atoms with van der Waals surface area (Å²) in [7, 11) is -3.49. The minimum Gasteiger partial charge on any atom is -0.271 e. The summed E-state index contributed by atoms with van der Waals surface area (Å²) in [4.78, 5) is 0. The molecular weight excluding hydrogens is 304 g/mol. The molecular formula is C8H10BrClN2O2S. The van der Waals surface area contributed by atoms with Crippen LogP contribution in [0.2, 0.25) is 5.02 Å². The van der Waals surface area contributed by atoms with E-state index in [0.717, 1.165) is 4.47 Å². The van der Waals surface area contributed by atoms with Crippen molar-refractivity contribution in [3.63, 3.8) is 0 Å². The summed E-state index contributed by atoms with van der Waals surface area (Å²) >= 11 is 9.03. The Hall–Kier alpha value is -0.300. The summed E-state index contributed by atoms with van der Waals surface area (Å²) in [6, 6.07) is 4.82. The number of benzene rings is 1. The summed E-state index contributed by atoms with van der Waals surface area (Å²) in [6.45, 7) is 2.04. The van der Waals surface area contributed by atoms with Gasteiger partial charge in [0.25, 0.3) is 10.2 Å². The highest BCUT2D eigenvalue weighted by atomic mass is 79.9. The molecule has 0 saturated carbocycles. The first-order valence-electron chi connectivity index (χ1n) is 4.17. The first-order valence-corrected chi connectivity index (χ1v) is 6.82. The smallest absolute Gasteiger partial charge is 0.271 e. The van der Waals surface area contributed by atoms with Crippen LogP contribution in [0.3, 0.4) is 0 Å². The van der Waals surface area contributed by atoms with E-state index in [1.54, 1.807) is 19.1 Å². The van der Waals surface area contributed by atoms with Gasteiger partial charge < -0.3 is 0 Å². The lowest BCUT2D eigenvalue weighted by Crippen LogP contribution is -2.29. The van der Waals surface area contributed by atoms with E-state index in [1.165, 1.54) is 6.07 Å². The molecule has 0 aliphatic carbocycles. The molecule has 0 bridgehead atoms. The van der Waals surface area contributed by atoms with Gasteiger partial charge in [0.05, 0.1) is 10.7 Å². The molecule has 15 heavy (non-hydrogen) atoms. The van der Waals surface area contributed by atoms with E-state index in [-0.39, 0.29) is 0 Å². The quantitative estimate of drug-likeness (QED) is 0.896. The molecule has 0 spiro atoms. The summed E-state index contributed by atoms with van der Waals surface area (Å²) < 4.78 is 28.0. The maximum absolute atomic E-state index is 11.3. The van der Waals surface area contributed by atoms with Crippen LogP contribution >= 0.6 is 27.5 Å². The van der Waals surface area contributed by atoms with Gasteiger partial charge in [0.15, 0.2) is 0 Å². The van der Waals surface area contributed by atoms with Crippen LogP contribution in [0, 0.1) is 0 Å². The van der Waals surface area contributed by atoms with Crippen molar-refractivity contribution in [1.82, 2.24) is 4.72 Å². The van der Waals surface area contributed by atoms with Gasteiger partial charge in [-0.05, 0) is 34.1 Å². The molecule has 0 unspecified atom stereocenters. The van der Waals surface area contributed by atoms with Gasteiger partial charge in [0.2, 0.25) is 0 Å². The van der Waals surface area contributed by atoms with Gasteiger partial charge >= 0.3 is 0 Å². The molecule has 0 fully saturated rings. The van der Waals surface area contributed by atoms with Gasteiger partial charge in [-0.15, -0.1) is 0 Å². The Kier molecular flexibility index (Phi) is 4.39. The average Bonchev–Trinajstić information content (AvgIpc) is 2.10. The Morgan fingerprint density at radius 3 is 2.67 bits per heavy atom. The molecule has 0 heterocycles. The molecule has 0 aliphatic heterocycles. The standard InChI is InChI=1S/C8H10BrClN2O2S/c1-2-11-15(13,14)12-6-3-4-7(9)8(10)5-6/h3-5,11-12H,2H2,1H3. The van der Waals surface area contributed by atoms with Gasteiger partial charge in [-0.25, -0.2) is 0 Å². The second-order valence-corrected chi connectivity index (χ2v) is 5.49. The second-order valence-electron chi connectivity index (χ2n) is 2.73. The monoisotopic (exact) mass is 312 g/mol. The van der Waals surface area contributed by atoms with Crippen LogP contribution in [0.4, 0.5) is 5.69 Å². The van der Waals surface area contributed by atoms with Crippen molar-refractivity contribution in [2.24, 2.45) is 0 Å². The molecule has 7 heteroatoms. The van der Waals surface area contributed by atoms with Crippen molar-refractivity contribution in [3.8, 4) is 0 Å². The minimum absolute atomic E-state index is 0.333. The summed E-state index contributed by atoms with van der Waals surface area (Å²) in [6.07, 6.45) is 0. The van der Waals surface area contributed by atoms with E-state index in [1.807, 2.05) is 0 Å². The third-order valence-corrected chi connectivity index (χ3v) is 3.91. The Morgan fingerprint density at radius 1 is 1.47 bits per heavy atom. The molecule has 1 rings (SSSR count). The third kappa shape index (κ3) is 3.98. The Balaban J connectivity index is 2.86. The zero-order valence-electron chi connectivity index (χ0n) is 7.92. The molecule has 0 radical (unpaired) electrons. The van der Waals surface area contributed by atoms with Gasteiger partial charge in [0, 0.05) is 11.0 Å². The van der Waals surface area contributed by atoms with Gasteiger partial charge in [-0.1, -0.05) is 18.5 Å². The Labute approximate surface area is 102 Å². The first kappa shape index (κ1) is 12.8. The van der Waals surface area contributed by atoms with Crippen LogP contribution in [0.15, 0.2) is 22.7 Å². The largest absolute Gasteiger partial charge is 0.299 e. The van der Waals surface area contributed by atoms with E-state index >= 15 is 0 Å². The van der Waals surface area contributed by atoms with Gasteiger partial charge in [-0.2, -0.15) is 13.1 Å². The van der Waals surface area contributed by atoms with E-state index in [0.29, 0.717) is 17.3 Å². The normalized spacial score (nSPS) is 11.4. The molecule has 0 atom stereocenters. The minimum atomic E-state index is -3.49. The van der Waals surface area contributed by atoms with E-state index in [4.69, 9.17) is 11.6 Å². The van der Waals surface area contributed by atoms with Crippen LogP contribution < -0.4 is 9.44 Å². The molecule has 0 aliphatic rings. The Bertz CT molecular complexity index is 450. The number of halogens is 2. The summed E-state index contributed by atoms with van der Waals surface area (Å²) in [5, 5.41) is 0.451. The van der Waals surface area contributed by atoms with Crippen molar-refractivity contribution < 1.29 is 8.42 Å². The lowest BCUT2D eigenvalue weighted by molar-refractivity contribution is 0.589. The number of anilines is 1. The van der Waals surface area contributed by atoms with Crippen molar-refractivity contribution in [1.29, 1.82) is 0 Å². The molecule has 2 N–H and O–H groups in total. The van der Waals surface area contributed by atoms with E-state index in [9.17, 15) is 8.42 Å². The van der Waals surface area contributed by atoms with Crippen LogP contribution in [-0.4, -0.2) is 15.0 Å². The number of hydrogen-bond donors (Lipinski definition) is 2. The first-order chi connectivity index (χ1) is 6.94. The maximum Gasteiger partial charge on any atom is 0.299 e. The fourth-order valence-electron chi connectivity index (χ4n) is 0.941. The fourth-order valence-corrected chi connectivity index (χ4v) is 2.26. The SMILES string of the molecule is CCNS(=O)(=O)Nc1ccc(Br)c(Cl)c1. The molecule has 0 aromatic heterocycles. The van der Waals surface area contributed by atoms with Crippen molar-refractivity contribution in [2.45, 2.75) is 6.92 Å². The zero-order valence-corrected chi connectivity index (χ0v) is 11.1. The summed E-state index contributed by atoms with van der Waals surface area (Å²) in [5.74, 6) is 0. The van der Waals surface area contributed by atoms with Crippen molar-refractivity contribution >= 4 is 43.4 Å². The van der Waals surface area contributed by atoms with Gasteiger partial charge in [-0.3, -0.25) is 4.72 Å². The lowest BCUT2D eigenvalue weighted by atomic mass is 10.3. The van der Waals surface area contributed by atoms with Crippen molar-refractivity contribution in [3.05, 3.63) is 27.7 Å². The number of nitrogens with one attached hydrogen (secondary N) is 2. The lowest BCUT2D eigenvalue weighted by Gasteiger charge is -2.08. The number of rotatable bonds is 4. The molecule has 84 valence electrons. The van der Waals surface area contributed by atoms with Gasteiger partial charge in [0.1, 0.15) is 0 Å². The summed E-state index contributed by atoms with van der Waals surface area (Å²) in [5.41, 5.74) is 0.421. The zero-order chi connectivity index (χ0) is 11.5. The topological polar surface area (TPSA) is 58.2 Å². The second kappa shape index (κ2) is 5.16. The number of hydrogen-bond acceptors (Lipinski definition) is 2. The van der Waals surface area contributed by atoms with Crippen LogP contribution in [0.25, 0.3) is 0 Å². The molecule has 1 aromatic rings. The fraction of sp³-hybridized carbons (Fsp3) is 0.250. The molecule has 1 aromatic carbocycles. The predicted octanol–water partition coefficient (Wildman–Crippen LogP) is 2.37. The van der Waals surface area contributed by atoms with Crippen molar-refractivity contribution in [2.75, 3.05) is 11.3 Å². The predicted molar refractivity (Wildman–Crippen MR) is 65.4 cm³/mol. The van der Waals surface area contributed by atoms with E-state index in [2.05, 4.69) is 25.4 Å². The van der Waals surface area contributed by atoms with Crippen LogP contribution in [0.1, 0.15) is 6.92 Å². The highest BCUT2D eigenvalue weighted by Gasteiger charge is 2.08. The maximum atomic E-state index is 11.3. The highest BCUT2D eigenvalue weighted by molar-refractivity contribution is 9.10. The average molecular weight is 314 g/mol. The van der Waals surface area contributed by atoms with Crippen LogP contribution in [-0.2, 0) is 10.2 Å². The molecule has 0 amide bonds. The van der Waals surface area contributed by atoms with E-state index < -0.39 is 10.2 Å².